The van der Waals surface area contributed by atoms with Gasteiger partial charge >= 0.3 is 0 Å². The van der Waals surface area contributed by atoms with Crippen LogP contribution in [0.25, 0.3) is 0 Å². The van der Waals surface area contributed by atoms with Crippen molar-refractivity contribution in [2.75, 3.05) is 17.6 Å². The quantitative estimate of drug-likeness (QED) is 0.869. The topological polar surface area (TPSA) is 73.2 Å². The van der Waals surface area contributed by atoms with Crippen molar-refractivity contribution in [1.82, 2.24) is 9.78 Å². The maximum absolute atomic E-state index is 11.0. The second-order valence-corrected chi connectivity index (χ2v) is 6.06. The number of nitrogens with zero attached hydrogens (tertiary/aromatic N) is 2. The van der Waals surface area contributed by atoms with E-state index in [1.165, 1.54) is 12.6 Å². The zero-order chi connectivity index (χ0) is 12.3. The number of rotatable bonds is 4. The van der Waals surface area contributed by atoms with Crippen LogP contribution in [0.15, 0.2) is 12.4 Å². The highest BCUT2D eigenvalue weighted by molar-refractivity contribution is 7.92. The van der Waals surface area contributed by atoms with Gasteiger partial charge in [-0.1, -0.05) is 0 Å². The Morgan fingerprint density at radius 2 is 2.41 bits per heavy atom. The summed E-state index contributed by atoms with van der Waals surface area (Å²) in [7, 11) is -3.23. The summed E-state index contributed by atoms with van der Waals surface area (Å²) in [6, 6.07) is 0. The molecule has 96 valence electrons. The highest BCUT2D eigenvalue weighted by atomic mass is 32.2. The van der Waals surface area contributed by atoms with Crippen molar-refractivity contribution in [1.29, 1.82) is 0 Å². The van der Waals surface area contributed by atoms with Crippen LogP contribution in [0.4, 0.5) is 5.69 Å². The van der Waals surface area contributed by atoms with E-state index in [2.05, 4.69) is 9.82 Å². The number of sulfonamides is 1. The fourth-order valence-corrected chi connectivity index (χ4v) is 2.42. The molecule has 0 amide bonds. The van der Waals surface area contributed by atoms with Gasteiger partial charge in [0.05, 0.1) is 30.8 Å². The minimum Gasteiger partial charge on any atom is -0.376 e. The molecule has 1 N–H and O–H groups in total. The Kier molecular flexibility index (Phi) is 3.68. The molecule has 0 bridgehead atoms. The van der Waals surface area contributed by atoms with E-state index >= 15 is 0 Å². The smallest absolute Gasteiger partial charge is 0.229 e. The molecule has 0 unspecified atom stereocenters. The number of anilines is 1. The summed E-state index contributed by atoms with van der Waals surface area (Å²) >= 11 is 0. The molecule has 1 fully saturated rings. The summed E-state index contributed by atoms with van der Waals surface area (Å²) in [5.41, 5.74) is 0.489. The lowest BCUT2D eigenvalue weighted by Crippen LogP contribution is -2.24. The van der Waals surface area contributed by atoms with Crippen LogP contribution < -0.4 is 4.72 Å². The van der Waals surface area contributed by atoms with Gasteiger partial charge in [-0.25, -0.2) is 8.42 Å². The van der Waals surface area contributed by atoms with Crippen LogP contribution in [-0.4, -0.2) is 37.2 Å². The van der Waals surface area contributed by atoms with Crippen LogP contribution in [0, 0.1) is 0 Å². The molecule has 2 rings (SSSR count). The number of hydrogen-bond donors (Lipinski definition) is 1. The SMILES string of the molecule is CS(=O)(=O)Nc1cnn(C[C@H]2CCCCO2)c1. The first-order valence-corrected chi connectivity index (χ1v) is 7.54. The molecule has 2 heterocycles. The molecule has 1 aliphatic rings. The van der Waals surface area contributed by atoms with Gasteiger partial charge in [0.2, 0.25) is 10.0 Å². The maximum Gasteiger partial charge on any atom is 0.229 e. The molecule has 0 aliphatic carbocycles. The first-order chi connectivity index (χ1) is 8.03. The second kappa shape index (κ2) is 5.05. The fraction of sp³-hybridized carbons (Fsp3) is 0.700. The Morgan fingerprint density at radius 1 is 1.59 bits per heavy atom. The van der Waals surface area contributed by atoms with Crippen molar-refractivity contribution in [2.45, 2.75) is 31.9 Å². The predicted molar refractivity (Wildman–Crippen MR) is 64.3 cm³/mol. The Morgan fingerprint density at radius 3 is 3.06 bits per heavy atom. The third kappa shape index (κ3) is 4.01. The number of aromatic nitrogens is 2. The van der Waals surface area contributed by atoms with Crippen LogP contribution in [0.5, 0.6) is 0 Å². The largest absolute Gasteiger partial charge is 0.376 e. The summed E-state index contributed by atoms with van der Waals surface area (Å²) < 4.78 is 31.7. The first kappa shape index (κ1) is 12.4. The summed E-state index contributed by atoms with van der Waals surface area (Å²) in [5.74, 6) is 0. The van der Waals surface area contributed by atoms with Crippen LogP contribution in [0.1, 0.15) is 19.3 Å². The van der Waals surface area contributed by atoms with E-state index in [0.717, 1.165) is 25.7 Å². The van der Waals surface area contributed by atoms with E-state index in [9.17, 15) is 8.42 Å². The molecule has 1 aromatic heterocycles. The van der Waals surface area contributed by atoms with Crippen LogP contribution in [0.2, 0.25) is 0 Å². The zero-order valence-electron chi connectivity index (χ0n) is 9.80. The lowest BCUT2D eigenvalue weighted by molar-refractivity contribution is 0.00401. The Labute approximate surface area is 101 Å². The first-order valence-electron chi connectivity index (χ1n) is 5.65. The van der Waals surface area contributed by atoms with Crippen molar-refractivity contribution >= 4 is 15.7 Å². The van der Waals surface area contributed by atoms with Gasteiger partial charge in [0.1, 0.15) is 0 Å². The fourth-order valence-electron chi connectivity index (χ4n) is 1.89. The Hall–Kier alpha value is -1.08. The molecule has 0 saturated carbocycles. The molecule has 1 aromatic rings. The van der Waals surface area contributed by atoms with Crippen LogP contribution in [0.3, 0.4) is 0 Å². The third-order valence-electron chi connectivity index (χ3n) is 2.60. The van der Waals surface area contributed by atoms with E-state index < -0.39 is 10.0 Å². The van der Waals surface area contributed by atoms with Gasteiger partial charge in [-0.05, 0) is 19.3 Å². The number of ether oxygens (including phenoxy) is 1. The summed E-state index contributed by atoms with van der Waals surface area (Å²) in [5, 5.41) is 4.10. The third-order valence-corrected chi connectivity index (χ3v) is 3.21. The molecular formula is C10H17N3O3S. The molecule has 7 heteroatoms. The van der Waals surface area contributed by atoms with Crippen molar-refractivity contribution in [3.05, 3.63) is 12.4 Å². The van der Waals surface area contributed by atoms with E-state index in [4.69, 9.17) is 4.74 Å². The van der Waals surface area contributed by atoms with E-state index in [0.29, 0.717) is 12.2 Å². The van der Waals surface area contributed by atoms with Crippen LogP contribution >= 0.6 is 0 Å². The number of hydrogen-bond acceptors (Lipinski definition) is 4. The van der Waals surface area contributed by atoms with Crippen LogP contribution in [-0.2, 0) is 21.3 Å². The monoisotopic (exact) mass is 259 g/mol. The molecule has 0 radical (unpaired) electrons. The van der Waals surface area contributed by atoms with Crippen molar-refractivity contribution in [2.24, 2.45) is 0 Å². The summed E-state index contributed by atoms with van der Waals surface area (Å²) in [6.07, 6.45) is 7.83. The molecule has 1 atom stereocenters. The Balaban J connectivity index is 1.93. The van der Waals surface area contributed by atoms with E-state index in [1.54, 1.807) is 10.9 Å². The average Bonchev–Trinajstić information content (AvgIpc) is 2.64. The number of nitrogens with one attached hydrogen (secondary N) is 1. The van der Waals surface area contributed by atoms with Gasteiger partial charge in [0, 0.05) is 12.8 Å². The van der Waals surface area contributed by atoms with Crippen molar-refractivity contribution in [3.8, 4) is 0 Å². The standard InChI is InChI=1S/C10H17N3O3S/c1-17(14,15)12-9-6-11-13(7-9)8-10-4-2-3-5-16-10/h6-7,10,12H,2-5,8H2,1H3/t10-/m1/s1. The molecule has 1 aliphatic heterocycles. The van der Waals surface area contributed by atoms with Crippen molar-refractivity contribution in [3.63, 3.8) is 0 Å². The molecule has 17 heavy (non-hydrogen) atoms. The van der Waals surface area contributed by atoms with Gasteiger partial charge < -0.3 is 4.74 Å². The lowest BCUT2D eigenvalue weighted by atomic mass is 10.1. The van der Waals surface area contributed by atoms with Gasteiger partial charge in [0.15, 0.2) is 0 Å². The summed E-state index contributed by atoms with van der Waals surface area (Å²) in [6.45, 7) is 1.48. The molecular weight excluding hydrogens is 242 g/mol. The second-order valence-electron chi connectivity index (χ2n) is 4.31. The molecule has 0 spiro atoms. The molecule has 0 aromatic carbocycles. The lowest BCUT2D eigenvalue weighted by Gasteiger charge is -2.22. The molecule has 6 nitrogen and oxygen atoms in total. The van der Waals surface area contributed by atoms with E-state index in [1.807, 2.05) is 0 Å². The zero-order valence-corrected chi connectivity index (χ0v) is 10.6. The van der Waals surface area contributed by atoms with Gasteiger partial charge in [-0.15, -0.1) is 0 Å². The molecule has 1 saturated heterocycles. The maximum atomic E-state index is 11.0. The van der Waals surface area contributed by atoms with E-state index in [-0.39, 0.29) is 6.10 Å². The summed E-state index contributed by atoms with van der Waals surface area (Å²) in [4.78, 5) is 0. The van der Waals surface area contributed by atoms with Gasteiger partial charge in [-0.3, -0.25) is 9.40 Å². The average molecular weight is 259 g/mol. The normalized spacial score (nSPS) is 21.4. The van der Waals surface area contributed by atoms with Crippen molar-refractivity contribution < 1.29 is 13.2 Å². The minimum absolute atomic E-state index is 0.190. The predicted octanol–water partition coefficient (Wildman–Crippen LogP) is 0.824. The highest BCUT2D eigenvalue weighted by Crippen LogP contribution is 2.15. The van der Waals surface area contributed by atoms with Gasteiger partial charge in [0.25, 0.3) is 0 Å². The Bertz CT molecular complexity index is 463. The minimum atomic E-state index is -3.23. The van der Waals surface area contributed by atoms with Gasteiger partial charge in [-0.2, -0.15) is 5.10 Å². The highest BCUT2D eigenvalue weighted by Gasteiger charge is 2.15.